The molecule has 164 valence electrons. The summed E-state index contributed by atoms with van der Waals surface area (Å²) in [5.41, 5.74) is 0.0753. The molecule has 0 aliphatic rings. The predicted molar refractivity (Wildman–Crippen MR) is 109 cm³/mol. The summed E-state index contributed by atoms with van der Waals surface area (Å²) < 4.78 is 69.9. The summed E-state index contributed by atoms with van der Waals surface area (Å²) in [6, 6.07) is 9.26. The second kappa shape index (κ2) is 8.23. The quantitative estimate of drug-likeness (QED) is 0.358. The van der Waals surface area contributed by atoms with E-state index in [1.54, 1.807) is 24.3 Å². The van der Waals surface area contributed by atoms with Gasteiger partial charge in [0, 0.05) is 22.9 Å². The number of carbonyl (C=O) groups excluding carboxylic acids is 1. The highest BCUT2D eigenvalue weighted by Crippen LogP contribution is 2.26. The Labute approximate surface area is 177 Å². The summed E-state index contributed by atoms with van der Waals surface area (Å²) in [6.45, 7) is 0. The summed E-state index contributed by atoms with van der Waals surface area (Å²) >= 11 is 0. The molecule has 1 heterocycles. The van der Waals surface area contributed by atoms with Crippen molar-refractivity contribution in [1.82, 2.24) is 4.98 Å². The summed E-state index contributed by atoms with van der Waals surface area (Å²) in [7, 11) is -8.47. The Bertz CT molecular complexity index is 1460. The highest BCUT2D eigenvalue weighted by molar-refractivity contribution is 7.86. The highest BCUT2D eigenvalue weighted by atomic mass is 32.2. The van der Waals surface area contributed by atoms with Gasteiger partial charge >= 0.3 is 5.97 Å². The van der Waals surface area contributed by atoms with E-state index in [-0.39, 0.29) is 24.0 Å². The van der Waals surface area contributed by atoms with E-state index in [1.807, 2.05) is 0 Å². The molecule has 12 heteroatoms. The fourth-order valence-electron chi connectivity index (χ4n) is 3.23. The number of methoxy groups -OCH3 is 1. The standard InChI is InChI=1S/C19H17NO9S2/c1-29-18(21)10-14-13-4-2-3-5-16(13)20-19(22)15(14)8-11-6-7-12(30(23,24)25)9-17(11)31(26,27)28/h2-7,9H,8,10H2,1H3,(H,20,22)(H,23,24,25)(H,26,27,28). The maximum absolute atomic E-state index is 12.8. The highest BCUT2D eigenvalue weighted by Gasteiger charge is 2.23. The zero-order valence-corrected chi connectivity index (χ0v) is 17.7. The van der Waals surface area contributed by atoms with Crippen molar-refractivity contribution in [2.24, 2.45) is 0 Å². The zero-order valence-electron chi connectivity index (χ0n) is 16.0. The van der Waals surface area contributed by atoms with Crippen LogP contribution >= 0.6 is 0 Å². The van der Waals surface area contributed by atoms with Crippen molar-refractivity contribution in [3.05, 3.63) is 69.5 Å². The van der Waals surface area contributed by atoms with Gasteiger partial charge in [-0.2, -0.15) is 16.8 Å². The lowest BCUT2D eigenvalue weighted by molar-refractivity contribution is -0.139. The van der Waals surface area contributed by atoms with Crippen molar-refractivity contribution in [1.29, 1.82) is 0 Å². The number of hydrogen-bond acceptors (Lipinski definition) is 7. The van der Waals surface area contributed by atoms with E-state index in [2.05, 4.69) is 4.98 Å². The Morgan fingerprint density at radius 1 is 1.00 bits per heavy atom. The van der Waals surface area contributed by atoms with Gasteiger partial charge in [-0.05, 0) is 29.3 Å². The molecule has 0 amide bonds. The Morgan fingerprint density at radius 3 is 2.29 bits per heavy atom. The molecule has 0 radical (unpaired) electrons. The topological polar surface area (TPSA) is 168 Å². The molecule has 2 aromatic carbocycles. The molecule has 0 fully saturated rings. The summed E-state index contributed by atoms with van der Waals surface area (Å²) in [5, 5.41) is 0.533. The predicted octanol–water partition coefficient (Wildman–Crippen LogP) is 1.33. The number of carbonyl (C=O) groups is 1. The average molecular weight is 467 g/mol. The number of para-hydroxylation sites is 1. The van der Waals surface area contributed by atoms with Crippen molar-refractivity contribution >= 4 is 37.1 Å². The summed E-state index contributed by atoms with van der Waals surface area (Å²) in [5.74, 6) is -0.631. The Kier molecular flexibility index (Phi) is 6.00. The van der Waals surface area contributed by atoms with Crippen LogP contribution in [-0.4, -0.2) is 44.0 Å². The molecule has 0 saturated carbocycles. The average Bonchev–Trinajstić information content (AvgIpc) is 2.68. The van der Waals surface area contributed by atoms with Gasteiger partial charge in [-0.1, -0.05) is 24.3 Å². The molecular weight excluding hydrogens is 450 g/mol. The SMILES string of the molecule is COC(=O)Cc1c(Cc2ccc(S(=O)(=O)O)cc2S(=O)(=O)O)c(=O)[nH]c2ccccc12. The molecule has 0 atom stereocenters. The zero-order chi connectivity index (χ0) is 23.0. The van der Waals surface area contributed by atoms with E-state index in [0.717, 1.165) is 12.1 Å². The van der Waals surface area contributed by atoms with Gasteiger partial charge in [-0.25, -0.2) is 0 Å². The summed E-state index contributed by atoms with van der Waals surface area (Å²) in [4.78, 5) is 25.8. The molecule has 0 unspecified atom stereocenters. The number of ether oxygens (including phenoxy) is 1. The monoisotopic (exact) mass is 467 g/mol. The van der Waals surface area contributed by atoms with Gasteiger partial charge in [0.05, 0.1) is 23.3 Å². The lowest BCUT2D eigenvalue weighted by atomic mass is 9.95. The van der Waals surface area contributed by atoms with Crippen LogP contribution in [0.3, 0.4) is 0 Å². The first-order valence-electron chi connectivity index (χ1n) is 8.69. The van der Waals surface area contributed by atoms with Crippen molar-refractivity contribution < 1.29 is 35.5 Å². The number of nitrogens with one attached hydrogen (secondary N) is 1. The number of benzene rings is 2. The number of pyridine rings is 1. The number of aromatic nitrogens is 1. The number of fused-ring (bicyclic) bond motifs is 1. The third kappa shape index (κ3) is 4.82. The number of H-pyrrole nitrogens is 1. The normalized spacial score (nSPS) is 12.1. The lowest BCUT2D eigenvalue weighted by Crippen LogP contribution is -2.20. The Morgan fingerprint density at radius 2 is 1.68 bits per heavy atom. The summed E-state index contributed by atoms with van der Waals surface area (Å²) in [6.07, 6.45) is -0.631. The van der Waals surface area contributed by atoms with Crippen LogP contribution in [0.15, 0.2) is 57.1 Å². The van der Waals surface area contributed by atoms with Gasteiger partial charge in [0.25, 0.3) is 25.8 Å². The molecule has 1 aromatic heterocycles. The van der Waals surface area contributed by atoms with Gasteiger partial charge in [-0.15, -0.1) is 0 Å². The minimum Gasteiger partial charge on any atom is -0.469 e. The molecule has 0 spiro atoms. The van der Waals surface area contributed by atoms with Crippen molar-refractivity contribution in [3.8, 4) is 0 Å². The van der Waals surface area contributed by atoms with E-state index in [9.17, 15) is 35.5 Å². The van der Waals surface area contributed by atoms with Crippen molar-refractivity contribution in [2.75, 3.05) is 7.11 Å². The second-order valence-electron chi connectivity index (χ2n) is 6.61. The van der Waals surface area contributed by atoms with Gasteiger partial charge in [-0.3, -0.25) is 18.7 Å². The number of aromatic amines is 1. The lowest BCUT2D eigenvalue weighted by Gasteiger charge is -2.14. The first kappa shape index (κ1) is 22.6. The van der Waals surface area contributed by atoms with Crippen LogP contribution in [0.5, 0.6) is 0 Å². The number of rotatable bonds is 6. The van der Waals surface area contributed by atoms with E-state index in [0.29, 0.717) is 22.5 Å². The molecule has 0 aliphatic carbocycles. The molecule has 3 N–H and O–H groups in total. The number of esters is 1. The van der Waals surface area contributed by atoms with Crippen LogP contribution in [-0.2, 0) is 42.6 Å². The second-order valence-corrected chi connectivity index (χ2v) is 9.42. The Hall–Kier alpha value is -3.06. The fourth-order valence-corrected chi connectivity index (χ4v) is 4.56. The van der Waals surface area contributed by atoms with Crippen molar-refractivity contribution in [2.45, 2.75) is 22.6 Å². The van der Waals surface area contributed by atoms with Gasteiger partial charge < -0.3 is 9.72 Å². The van der Waals surface area contributed by atoms with E-state index in [4.69, 9.17) is 4.74 Å². The van der Waals surface area contributed by atoms with Gasteiger partial charge in [0.15, 0.2) is 0 Å². The van der Waals surface area contributed by atoms with E-state index >= 15 is 0 Å². The third-order valence-electron chi connectivity index (χ3n) is 4.67. The van der Waals surface area contributed by atoms with Gasteiger partial charge in [0.1, 0.15) is 0 Å². The minimum atomic E-state index is -4.91. The fraction of sp³-hybridized carbons (Fsp3) is 0.158. The van der Waals surface area contributed by atoms with E-state index < -0.39 is 41.6 Å². The largest absolute Gasteiger partial charge is 0.469 e. The third-order valence-corrected chi connectivity index (χ3v) is 6.45. The minimum absolute atomic E-state index is 0.0357. The molecule has 0 aliphatic heterocycles. The van der Waals surface area contributed by atoms with Crippen LogP contribution in [0, 0.1) is 0 Å². The maximum Gasteiger partial charge on any atom is 0.310 e. The van der Waals surface area contributed by atoms with Crippen LogP contribution in [0.4, 0.5) is 0 Å². The van der Waals surface area contributed by atoms with Crippen LogP contribution in [0.25, 0.3) is 10.9 Å². The molecule has 3 aromatic rings. The molecule has 0 bridgehead atoms. The van der Waals surface area contributed by atoms with E-state index in [1.165, 1.54) is 7.11 Å². The van der Waals surface area contributed by atoms with Crippen LogP contribution in [0.1, 0.15) is 16.7 Å². The maximum atomic E-state index is 12.8. The first-order valence-corrected chi connectivity index (χ1v) is 11.6. The Balaban J connectivity index is 2.27. The molecular formula is C19H17NO9S2. The molecule has 0 saturated heterocycles. The van der Waals surface area contributed by atoms with Crippen LogP contribution in [0.2, 0.25) is 0 Å². The molecule has 31 heavy (non-hydrogen) atoms. The van der Waals surface area contributed by atoms with Crippen molar-refractivity contribution in [3.63, 3.8) is 0 Å². The smallest absolute Gasteiger partial charge is 0.310 e. The molecule has 3 rings (SSSR count). The van der Waals surface area contributed by atoms with Gasteiger partial charge in [0.2, 0.25) is 0 Å². The first-order chi connectivity index (χ1) is 14.4. The number of hydrogen-bond donors (Lipinski definition) is 3. The van der Waals surface area contributed by atoms with Crippen LogP contribution < -0.4 is 5.56 Å². The molecule has 10 nitrogen and oxygen atoms in total.